The summed E-state index contributed by atoms with van der Waals surface area (Å²) >= 11 is 0. The number of ether oxygens (including phenoxy) is 5. The van der Waals surface area contributed by atoms with Gasteiger partial charge in [-0.05, 0) is 95.7 Å². The summed E-state index contributed by atoms with van der Waals surface area (Å²) in [6.07, 6.45) is 13.4. The lowest BCUT2D eigenvalue weighted by Crippen LogP contribution is -2.32. The summed E-state index contributed by atoms with van der Waals surface area (Å²) in [4.78, 5) is 15.4. The molecule has 2 aromatic rings. The molecule has 0 saturated heterocycles. The van der Waals surface area contributed by atoms with E-state index < -0.39 is 5.60 Å². The fraction of sp³-hybridized carbons (Fsp3) is 0.457. The number of carbonyl (C=O) groups excluding carboxylic acids is 1. The van der Waals surface area contributed by atoms with E-state index in [9.17, 15) is 4.79 Å². The first kappa shape index (κ1) is 31.4. The molecule has 1 unspecified atom stereocenters. The Morgan fingerprint density at radius 2 is 1.76 bits per heavy atom. The van der Waals surface area contributed by atoms with Crippen molar-refractivity contribution in [3.63, 3.8) is 0 Å². The van der Waals surface area contributed by atoms with Crippen LogP contribution in [-0.4, -0.2) is 50.8 Å². The smallest absolute Gasteiger partial charge is 0.254 e. The van der Waals surface area contributed by atoms with Gasteiger partial charge in [-0.1, -0.05) is 35.4 Å². The molecule has 0 N–H and O–H groups in total. The quantitative estimate of drug-likeness (QED) is 0.162. The SMILES string of the molecule is COCOc1ccc(CCN2Cc3c(cc(OCOC)c4c3OC(C)(CC/C=C(\C)CCC=C(C)C)C=C4)C2=O)cc1. The van der Waals surface area contributed by atoms with Gasteiger partial charge in [0, 0.05) is 26.3 Å². The summed E-state index contributed by atoms with van der Waals surface area (Å²) in [5.41, 5.74) is 5.81. The van der Waals surface area contributed by atoms with E-state index >= 15 is 0 Å². The van der Waals surface area contributed by atoms with Gasteiger partial charge in [0.2, 0.25) is 0 Å². The molecular weight excluding hydrogens is 530 g/mol. The maximum Gasteiger partial charge on any atom is 0.254 e. The molecule has 226 valence electrons. The summed E-state index contributed by atoms with van der Waals surface area (Å²) in [7, 11) is 3.18. The number of rotatable bonds is 15. The number of fused-ring (bicyclic) bond motifs is 3. The Morgan fingerprint density at radius 3 is 2.48 bits per heavy atom. The summed E-state index contributed by atoms with van der Waals surface area (Å²) in [6, 6.07) is 9.73. The Morgan fingerprint density at radius 1 is 1.02 bits per heavy atom. The van der Waals surface area contributed by atoms with Gasteiger partial charge in [0.1, 0.15) is 22.8 Å². The van der Waals surface area contributed by atoms with E-state index in [1.54, 1.807) is 14.2 Å². The molecule has 42 heavy (non-hydrogen) atoms. The van der Waals surface area contributed by atoms with E-state index in [-0.39, 0.29) is 19.5 Å². The predicted molar refractivity (Wildman–Crippen MR) is 166 cm³/mol. The van der Waals surface area contributed by atoms with E-state index in [0.29, 0.717) is 24.4 Å². The van der Waals surface area contributed by atoms with Gasteiger partial charge in [-0.25, -0.2) is 0 Å². The predicted octanol–water partition coefficient (Wildman–Crippen LogP) is 7.49. The van der Waals surface area contributed by atoms with Gasteiger partial charge < -0.3 is 28.6 Å². The number of benzene rings is 2. The maximum absolute atomic E-state index is 13.6. The zero-order valence-corrected chi connectivity index (χ0v) is 26.0. The highest BCUT2D eigenvalue weighted by Gasteiger charge is 2.37. The van der Waals surface area contributed by atoms with Crippen LogP contribution in [0, 0.1) is 0 Å². The molecule has 0 aliphatic carbocycles. The topological polar surface area (TPSA) is 66.5 Å². The van der Waals surface area contributed by atoms with Gasteiger partial charge in [0.25, 0.3) is 5.91 Å². The van der Waals surface area contributed by atoms with Crippen molar-refractivity contribution in [1.82, 2.24) is 4.90 Å². The van der Waals surface area contributed by atoms with Crippen LogP contribution in [0.5, 0.6) is 17.2 Å². The van der Waals surface area contributed by atoms with Gasteiger partial charge >= 0.3 is 0 Å². The lowest BCUT2D eigenvalue weighted by Gasteiger charge is -2.33. The first-order chi connectivity index (χ1) is 20.2. The number of carbonyl (C=O) groups is 1. The van der Waals surface area contributed by atoms with E-state index in [2.05, 4.69) is 52.0 Å². The van der Waals surface area contributed by atoms with E-state index in [1.165, 1.54) is 11.1 Å². The first-order valence-electron chi connectivity index (χ1n) is 14.7. The zero-order chi connectivity index (χ0) is 30.1. The third kappa shape index (κ3) is 8.05. The largest absolute Gasteiger partial charge is 0.482 e. The summed E-state index contributed by atoms with van der Waals surface area (Å²) in [6.45, 7) is 9.99. The van der Waals surface area contributed by atoms with Gasteiger partial charge in [-0.3, -0.25) is 4.79 Å². The van der Waals surface area contributed by atoms with Crippen LogP contribution >= 0.6 is 0 Å². The molecule has 0 fully saturated rings. The minimum Gasteiger partial charge on any atom is -0.482 e. The highest BCUT2D eigenvalue weighted by Crippen LogP contribution is 2.45. The van der Waals surface area contributed by atoms with Crippen molar-refractivity contribution in [3.8, 4) is 17.2 Å². The van der Waals surface area contributed by atoms with Crippen molar-refractivity contribution in [2.24, 2.45) is 0 Å². The second kappa shape index (κ2) is 14.6. The standard InChI is InChI=1S/C35H45NO6/c1-25(2)9-7-10-26(3)11-8-18-35(4)19-16-29-32(41-24-39-6)21-30-31(33(29)42-35)22-36(34(30)37)20-17-27-12-14-28(15-13-27)40-23-38-5/h9,11-16,19,21H,7-8,10,17-18,20,22-24H2,1-6H3/b26-11+. The van der Waals surface area contributed by atoms with Crippen LogP contribution in [0.15, 0.2) is 59.7 Å². The third-order valence-electron chi connectivity index (χ3n) is 7.68. The van der Waals surface area contributed by atoms with Crippen LogP contribution in [-0.2, 0) is 22.4 Å². The lowest BCUT2D eigenvalue weighted by atomic mass is 9.92. The van der Waals surface area contributed by atoms with Crippen LogP contribution < -0.4 is 14.2 Å². The number of allylic oxidation sites excluding steroid dienone is 4. The molecule has 0 spiro atoms. The normalized spacial score (nSPS) is 17.5. The van der Waals surface area contributed by atoms with Crippen molar-refractivity contribution in [2.45, 2.75) is 71.9 Å². The van der Waals surface area contributed by atoms with Gasteiger partial charge in [0.15, 0.2) is 13.6 Å². The number of nitrogens with zero attached hydrogens (tertiary/aromatic N) is 1. The van der Waals surface area contributed by atoms with E-state index in [4.69, 9.17) is 23.7 Å². The molecule has 4 rings (SSSR count). The molecule has 2 aliphatic heterocycles. The van der Waals surface area contributed by atoms with Gasteiger partial charge in [-0.2, -0.15) is 0 Å². The molecule has 7 nitrogen and oxygen atoms in total. The molecular formula is C35H45NO6. The Balaban J connectivity index is 1.48. The van der Waals surface area contributed by atoms with Crippen LogP contribution in [0.1, 0.15) is 80.4 Å². The third-order valence-corrected chi connectivity index (χ3v) is 7.68. The molecule has 2 aliphatic rings. The molecule has 0 aromatic heterocycles. The second-order valence-electron chi connectivity index (χ2n) is 11.5. The fourth-order valence-corrected chi connectivity index (χ4v) is 5.27. The van der Waals surface area contributed by atoms with Crippen molar-refractivity contribution >= 4 is 12.0 Å². The molecule has 1 amide bonds. The Kier molecular flexibility index (Phi) is 10.9. The Labute approximate surface area is 250 Å². The highest BCUT2D eigenvalue weighted by molar-refractivity contribution is 6.00. The van der Waals surface area contributed by atoms with Crippen molar-refractivity contribution < 1.29 is 28.5 Å². The van der Waals surface area contributed by atoms with E-state index in [1.807, 2.05) is 35.2 Å². The number of hydrogen-bond acceptors (Lipinski definition) is 6. The first-order valence-corrected chi connectivity index (χ1v) is 14.7. The average Bonchev–Trinajstić information content (AvgIpc) is 3.29. The summed E-state index contributed by atoms with van der Waals surface area (Å²) < 4.78 is 28.3. The van der Waals surface area contributed by atoms with E-state index in [0.717, 1.165) is 60.3 Å². The minimum absolute atomic E-state index is 0.00936. The molecule has 0 bridgehead atoms. The van der Waals surface area contributed by atoms with Crippen molar-refractivity contribution in [3.05, 3.63) is 82.0 Å². The summed E-state index contributed by atoms with van der Waals surface area (Å²) in [5, 5.41) is 0. The number of hydrogen-bond donors (Lipinski definition) is 0. The number of methoxy groups -OCH3 is 2. The number of amides is 1. The zero-order valence-electron chi connectivity index (χ0n) is 26.0. The highest BCUT2D eigenvalue weighted by atomic mass is 16.7. The fourth-order valence-electron chi connectivity index (χ4n) is 5.27. The lowest BCUT2D eigenvalue weighted by molar-refractivity contribution is 0.0500. The minimum atomic E-state index is -0.486. The Bertz CT molecular complexity index is 1320. The molecule has 0 radical (unpaired) electrons. The molecule has 2 aromatic carbocycles. The maximum atomic E-state index is 13.6. The monoisotopic (exact) mass is 575 g/mol. The van der Waals surface area contributed by atoms with Crippen LogP contribution in [0.4, 0.5) is 0 Å². The van der Waals surface area contributed by atoms with Crippen LogP contribution in [0.2, 0.25) is 0 Å². The van der Waals surface area contributed by atoms with Crippen molar-refractivity contribution in [2.75, 3.05) is 34.4 Å². The van der Waals surface area contributed by atoms with Gasteiger partial charge in [0.05, 0.1) is 17.7 Å². The molecule has 2 heterocycles. The van der Waals surface area contributed by atoms with Gasteiger partial charge in [-0.15, -0.1) is 0 Å². The van der Waals surface area contributed by atoms with Crippen molar-refractivity contribution in [1.29, 1.82) is 0 Å². The average molecular weight is 576 g/mol. The second-order valence-corrected chi connectivity index (χ2v) is 11.5. The molecule has 1 atom stereocenters. The van der Waals surface area contributed by atoms with Crippen LogP contribution in [0.25, 0.3) is 6.08 Å². The molecule has 0 saturated carbocycles. The summed E-state index contributed by atoms with van der Waals surface area (Å²) in [5.74, 6) is 2.08. The Hall–Kier alpha value is -3.55. The molecule has 7 heteroatoms. The van der Waals surface area contributed by atoms with Crippen LogP contribution in [0.3, 0.4) is 0 Å².